The number of rotatable bonds is 5. The molecule has 2 N–H and O–H groups in total. The van der Waals surface area contributed by atoms with Crippen molar-refractivity contribution in [2.24, 2.45) is 5.10 Å². The summed E-state index contributed by atoms with van der Waals surface area (Å²) in [6, 6.07) is 17.2. The van der Waals surface area contributed by atoms with E-state index < -0.39 is 0 Å². The van der Waals surface area contributed by atoms with Crippen LogP contribution in [0.5, 0.6) is 5.75 Å². The summed E-state index contributed by atoms with van der Waals surface area (Å²) in [7, 11) is 1.62. The van der Waals surface area contributed by atoms with Crippen LogP contribution in [-0.4, -0.2) is 28.9 Å². The van der Waals surface area contributed by atoms with E-state index in [1.807, 2.05) is 68.4 Å². The summed E-state index contributed by atoms with van der Waals surface area (Å²) in [4.78, 5) is 12.4. The van der Waals surface area contributed by atoms with Gasteiger partial charge < -0.3 is 4.74 Å². The van der Waals surface area contributed by atoms with Crippen molar-refractivity contribution in [3.63, 3.8) is 0 Å². The van der Waals surface area contributed by atoms with Gasteiger partial charge in [-0.1, -0.05) is 30.3 Å². The molecular weight excluding hydrogens is 328 g/mol. The molecular formula is C20H20N4O2. The predicted octanol–water partition coefficient (Wildman–Crippen LogP) is 3.55. The fourth-order valence-electron chi connectivity index (χ4n) is 2.58. The lowest BCUT2D eigenvalue weighted by atomic mass is 10.1. The van der Waals surface area contributed by atoms with Gasteiger partial charge in [0.05, 0.1) is 18.5 Å². The predicted molar refractivity (Wildman–Crippen MR) is 101 cm³/mol. The van der Waals surface area contributed by atoms with Gasteiger partial charge in [-0.25, -0.2) is 5.43 Å². The third-order valence-corrected chi connectivity index (χ3v) is 4.12. The van der Waals surface area contributed by atoms with Crippen molar-refractivity contribution in [3.05, 3.63) is 71.4 Å². The van der Waals surface area contributed by atoms with Gasteiger partial charge in [0.25, 0.3) is 5.91 Å². The first-order valence-corrected chi connectivity index (χ1v) is 8.19. The second-order valence-electron chi connectivity index (χ2n) is 5.80. The number of ether oxygens (including phenoxy) is 1. The van der Waals surface area contributed by atoms with Gasteiger partial charge in [0, 0.05) is 11.1 Å². The topological polar surface area (TPSA) is 79.4 Å². The minimum atomic E-state index is -0.329. The Bertz CT molecular complexity index is 928. The van der Waals surface area contributed by atoms with E-state index >= 15 is 0 Å². The minimum Gasteiger partial charge on any atom is -0.497 e. The molecule has 0 bridgehead atoms. The van der Waals surface area contributed by atoms with Crippen LogP contribution in [0, 0.1) is 6.92 Å². The number of hydrogen-bond acceptors (Lipinski definition) is 4. The SMILES string of the molecule is COc1ccc(C(C)=NNC(=O)c2[nH]nc(-c3ccccc3)c2C)cc1. The van der Waals surface area contributed by atoms with Crippen molar-refractivity contribution in [1.29, 1.82) is 0 Å². The van der Waals surface area contributed by atoms with Crippen LogP contribution >= 0.6 is 0 Å². The fraction of sp³-hybridized carbons (Fsp3) is 0.150. The maximum atomic E-state index is 12.4. The van der Waals surface area contributed by atoms with E-state index in [2.05, 4.69) is 20.7 Å². The monoisotopic (exact) mass is 348 g/mol. The number of H-pyrrole nitrogens is 1. The first-order chi connectivity index (χ1) is 12.6. The molecule has 0 aliphatic heterocycles. The normalized spacial score (nSPS) is 11.3. The molecule has 1 amide bonds. The highest BCUT2D eigenvalue weighted by atomic mass is 16.5. The van der Waals surface area contributed by atoms with E-state index in [9.17, 15) is 4.79 Å². The highest BCUT2D eigenvalue weighted by Gasteiger charge is 2.16. The van der Waals surface area contributed by atoms with Crippen molar-refractivity contribution in [3.8, 4) is 17.0 Å². The van der Waals surface area contributed by atoms with Crippen LogP contribution in [0.3, 0.4) is 0 Å². The number of nitrogens with one attached hydrogen (secondary N) is 2. The number of aromatic nitrogens is 2. The van der Waals surface area contributed by atoms with Crippen LogP contribution in [0.4, 0.5) is 0 Å². The molecule has 0 fully saturated rings. The molecule has 3 rings (SSSR count). The van der Waals surface area contributed by atoms with Crippen molar-refractivity contribution in [1.82, 2.24) is 15.6 Å². The standard InChI is InChI=1S/C20H20N4O2/c1-13-18(16-7-5-4-6-8-16)22-23-19(13)20(25)24-21-14(2)15-9-11-17(26-3)12-10-15/h4-12H,1-3H3,(H,22,23)(H,24,25). The molecule has 26 heavy (non-hydrogen) atoms. The lowest BCUT2D eigenvalue weighted by Gasteiger charge is -2.04. The molecule has 0 saturated heterocycles. The molecule has 0 atom stereocenters. The Morgan fingerprint density at radius 3 is 2.46 bits per heavy atom. The zero-order chi connectivity index (χ0) is 18.5. The second kappa shape index (κ2) is 7.65. The van der Waals surface area contributed by atoms with Gasteiger partial charge in [-0.15, -0.1) is 0 Å². The van der Waals surface area contributed by atoms with Gasteiger partial charge in [0.2, 0.25) is 0 Å². The fourth-order valence-corrected chi connectivity index (χ4v) is 2.58. The average molecular weight is 348 g/mol. The van der Waals surface area contributed by atoms with Gasteiger partial charge in [-0.3, -0.25) is 9.89 Å². The Hall–Kier alpha value is -3.41. The van der Waals surface area contributed by atoms with Gasteiger partial charge in [-0.05, 0) is 43.7 Å². The van der Waals surface area contributed by atoms with Crippen LogP contribution in [0.1, 0.15) is 28.5 Å². The first-order valence-electron chi connectivity index (χ1n) is 8.19. The van der Waals surface area contributed by atoms with Gasteiger partial charge in [0.1, 0.15) is 11.4 Å². The van der Waals surface area contributed by atoms with Crippen molar-refractivity contribution >= 4 is 11.6 Å². The highest BCUT2D eigenvalue weighted by molar-refractivity contribution is 6.01. The number of nitrogens with zero attached hydrogens (tertiary/aromatic N) is 2. The van der Waals surface area contributed by atoms with E-state index in [0.717, 1.165) is 28.1 Å². The van der Waals surface area contributed by atoms with Crippen LogP contribution in [0.25, 0.3) is 11.3 Å². The summed E-state index contributed by atoms with van der Waals surface area (Å²) >= 11 is 0. The Morgan fingerprint density at radius 1 is 1.12 bits per heavy atom. The van der Waals surface area contributed by atoms with E-state index in [1.165, 1.54) is 0 Å². The summed E-state index contributed by atoms with van der Waals surface area (Å²) in [6.45, 7) is 3.69. The maximum absolute atomic E-state index is 12.4. The smallest absolute Gasteiger partial charge is 0.289 e. The molecule has 0 radical (unpaired) electrons. The molecule has 1 heterocycles. The molecule has 0 saturated carbocycles. The molecule has 0 spiro atoms. The molecule has 2 aromatic carbocycles. The number of carbonyl (C=O) groups is 1. The summed E-state index contributed by atoms with van der Waals surface area (Å²) < 4.78 is 5.14. The average Bonchev–Trinajstić information content (AvgIpc) is 3.08. The Labute approximate surface area is 151 Å². The second-order valence-corrected chi connectivity index (χ2v) is 5.80. The molecule has 0 unspecified atom stereocenters. The lowest BCUT2D eigenvalue weighted by Crippen LogP contribution is -2.20. The van der Waals surface area contributed by atoms with Gasteiger partial charge >= 0.3 is 0 Å². The van der Waals surface area contributed by atoms with E-state index in [-0.39, 0.29) is 5.91 Å². The molecule has 1 aromatic heterocycles. The Balaban J connectivity index is 1.75. The first kappa shape index (κ1) is 17.4. The number of hydrogen-bond donors (Lipinski definition) is 2. The zero-order valence-corrected chi connectivity index (χ0v) is 14.9. The number of aromatic amines is 1. The third kappa shape index (κ3) is 3.64. The number of carbonyl (C=O) groups excluding carboxylic acids is 1. The van der Waals surface area contributed by atoms with E-state index in [4.69, 9.17) is 4.74 Å². The molecule has 6 heteroatoms. The molecule has 6 nitrogen and oxygen atoms in total. The lowest BCUT2D eigenvalue weighted by molar-refractivity contribution is 0.0949. The van der Waals surface area contributed by atoms with Gasteiger partial charge in [-0.2, -0.15) is 10.2 Å². The minimum absolute atomic E-state index is 0.329. The van der Waals surface area contributed by atoms with E-state index in [1.54, 1.807) is 7.11 Å². The van der Waals surface area contributed by atoms with Gasteiger partial charge in [0.15, 0.2) is 0 Å². The summed E-state index contributed by atoms with van der Waals surface area (Å²) in [6.07, 6.45) is 0. The van der Waals surface area contributed by atoms with Crippen molar-refractivity contribution in [2.75, 3.05) is 7.11 Å². The van der Waals surface area contributed by atoms with Crippen LogP contribution in [0.15, 0.2) is 59.7 Å². The van der Waals surface area contributed by atoms with Crippen molar-refractivity contribution < 1.29 is 9.53 Å². The number of hydrazone groups is 1. The van der Waals surface area contributed by atoms with E-state index in [0.29, 0.717) is 11.4 Å². The Morgan fingerprint density at radius 2 is 1.81 bits per heavy atom. The molecule has 3 aromatic rings. The highest BCUT2D eigenvalue weighted by Crippen LogP contribution is 2.22. The number of amides is 1. The largest absolute Gasteiger partial charge is 0.497 e. The van der Waals surface area contributed by atoms with Crippen LogP contribution in [-0.2, 0) is 0 Å². The summed E-state index contributed by atoms with van der Waals surface area (Å²) in [5.41, 5.74) is 7.07. The zero-order valence-electron chi connectivity index (χ0n) is 14.9. The number of methoxy groups -OCH3 is 1. The molecule has 132 valence electrons. The quantitative estimate of drug-likeness (QED) is 0.547. The maximum Gasteiger partial charge on any atom is 0.289 e. The van der Waals surface area contributed by atoms with Crippen LogP contribution < -0.4 is 10.2 Å². The number of benzene rings is 2. The van der Waals surface area contributed by atoms with Crippen LogP contribution in [0.2, 0.25) is 0 Å². The third-order valence-electron chi connectivity index (χ3n) is 4.12. The Kier molecular flexibility index (Phi) is 5.12. The summed E-state index contributed by atoms with van der Waals surface area (Å²) in [5, 5.41) is 11.2. The molecule has 0 aliphatic rings. The summed E-state index contributed by atoms with van der Waals surface area (Å²) in [5.74, 6) is 0.442. The molecule has 0 aliphatic carbocycles. The van der Waals surface area contributed by atoms with Crippen molar-refractivity contribution in [2.45, 2.75) is 13.8 Å².